The summed E-state index contributed by atoms with van der Waals surface area (Å²) in [7, 11) is 0. The maximum absolute atomic E-state index is 12.9. The van der Waals surface area contributed by atoms with Gasteiger partial charge in [-0.05, 0) is 51.8 Å². The quantitative estimate of drug-likeness (QED) is 0.882. The Hall–Kier alpha value is -2.17. The summed E-state index contributed by atoms with van der Waals surface area (Å²) in [5.41, 5.74) is 1.04. The van der Waals surface area contributed by atoms with E-state index in [9.17, 15) is 4.39 Å². The van der Waals surface area contributed by atoms with Crippen molar-refractivity contribution in [3.05, 3.63) is 47.5 Å². The monoisotopic (exact) mass is 302 g/mol. The zero-order valence-corrected chi connectivity index (χ0v) is 13.6. The van der Waals surface area contributed by atoms with Crippen LogP contribution in [0.25, 0.3) is 0 Å². The Kier molecular flexibility index (Phi) is 4.96. The number of hydrogen-bond donors (Lipinski definition) is 2. The van der Waals surface area contributed by atoms with E-state index in [1.54, 1.807) is 12.1 Å². The summed E-state index contributed by atoms with van der Waals surface area (Å²) in [5.74, 6) is 2.12. The molecule has 0 radical (unpaired) electrons. The Labute approximate surface area is 131 Å². The van der Waals surface area contributed by atoms with Crippen LogP contribution in [0.4, 0.5) is 16.0 Å². The van der Waals surface area contributed by atoms with Gasteiger partial charge in [0, 0.05) is 18.2 Å². The van der Waals surface area contributed by atoms with Crippen LogP contribution in [-0.4, -0.2) is 22.1 Å². The number of aryl methyl sites for hydroxylation is 1. The average Bonchev–Trinajstić information content (AvgIpc) is 2.38. The Morgan fingerprint density at radius 1 is 1.05 bits per heavy atom. The number of hydrogen-bond acceptors (Lipinski definition) is 4. The molecule has 1 heterocycles. The molecule has 1 aromatic carbocycles. The molecule has 2 N–H and O–H groups in total. The van der Waals surface area contributed by atoms with Crippen molar-refractivity contribution in [1.82, 2.24) is 9.97 Å². The van der Waals surface area contributed by atoms with Gasteiger partial charge in [0.15, 0.2) is 0 Å². The lowest BCUT2D eigenvalue weighted by molar-refractivity contribution is 0.627. The van der Waals surface area contributed by atoms with Crippen LogP contribution in [0.3, 0.4) is 0 Å². The van der Waals surface area contributed by atoms with Gasteiger partial charge in [0.1, 0.15) is 23.3 Å². The summed E-state index contributed by atoms with van der Waals surface area (Å²) in [6.45, 7) is 8.88. The van der Waals surface area contributed by atoms with Gasteiger partial charge in [-0.15, -0.1) is 0 Å². The zero-order chi connectivity index (χ0) is 16.2. The summed E-state index contributed by atoms with van der Waals surface area (Å²) < 4.78 is 12.9. The Morgan fingerprint density at radius 3 is 2.32 bits per heavy atom. The summed E-state index contributed by atoms with van der Waals surface area (Å²) in [6, 6.07) is 8.47. The second-order valence-electron chi connectivity index (χ2n) is 6.36. The Bertz CT molecular complexity index is 618. The SMILES string of the molecule is Cc1nc(NCCc2ccc(F)cc2)cc(NC(C)(C)C)n1. The first-order valence-electron chi connectivity index (χ1n) is 7.44. The van der Waals surface area contributed by atoms with E-state index in [4.69, 9.17) is 0 Å². The van der Waals surface area contributed by atoms with Crippen LogP contribution in [0.15, 0.2) is 30.3 Å². The molecule has 0 aliphatic rings. The first kappa shape index (κ1) is 16.2. The first-order chi connectivity index (χ1) is 10.3. The molecule has 0 aliphatic heterocycles. The molecule has 0 aliphatic carbocycles. The van der Waals surface area contributed by atoms with E-state index in [2.05, 4.69) is 41.4 Å². The molecule has 0 saturated carbocycles. The van der Waals surface area contributed by atoms with Crippen molar-refractivity contribution in [2.24, 2.45) is 0 Å². The lowest BCUT2D eigenvalue weighted by Crippen LogP contribution is -2.27. The molecule has 2 rings (SSSR count). The number of anilines is 2. The van der Waals surface area contributed by atoms with Gasteiger partial charge in [-0.2, -0.15) is 0 Å². The molecule has 4 nitrogen and oxygen atoms in total. The van der Waals surface area contributed by atoms with Crippen molar-refractivity contribution in [2.45, 2.75) is 39.7 Å². The van der Waals surface area contributed by atoms with Gasteiger partial charge in [0.05, 0.1) is 0 Å². The summed E-state index contributed by atoms with van der Waals surface area (Å²) in [5, 5.41) is 6.63. The largest absolute Gasteiger partial charge is 0.370 e. The van der Waals surface area contributed by atoms with Crippen LogP contribution in [-0.2, 0) is 6.42 Å². The van der Waals surface area contributed by atoms with Crippen molar-refractivity contribution in [3.63, 3.8) is 0 Å². The normalized spacial score (nSPS) is 11.3. The number of nitrogens with one attached hydrogen (secondary N) is 2. The summed E-state index contributed by atoms with van der Waals surface area (Å²) in [4.78, 5) is 8.78. The van der Waals surface area contributed by atoms with Crippen molar-refractivity contribution in [3.8, 4) is 0 Å². The van der Waals surface area contributed by atoms with Gasteiger partial charge in [-0.25, -0.2) is 14.4 Å². The van der Waals surface area contributed by atoms with Crippen molar-refractivity contribution >= 4 is 11.6 Å². The van der Waals surface area contributed by atoms with Gasteiger partial charge in [0.25, 0.3) is 0 Å². The second kappa shape index (κ2) is 6.73. The molecule has 0 saturated heterocycles. The molecule has 0 atom stereocenters. The predicted octanol–water partition coefficient (Wildman–Crippen LogP) is 3.79. The van der Waals surface area contributed by atoms with Crippen LogP contribution >= 0.6 is 0 Å². The summed E-state index contributed by atoms with van der Waals surface area (Å²) >= 11 is 0. The lowest BCUT2D eigenvalue weighted by atomic mass is 10.1. The third-order valence-corrected chi connectivity index (χ3v) is 2.97. The van der Waals surface area contributed by atoms with E-state index in [1.807, 2.05) is 13.0 Å². The van der Waals surface area contributed by atoms with Crippen LogP contribution in [0.2, 0.25) is 0 Å². The molecule has 0 unspecified atom stereocenters. The fourth-order valence-electron chi connectivity index (χ4n) is 2.09. The van der Waals surface area contributed by atoms with Gasteiger partial charge >= 0.3 is 0 Å². The van der Waals surface area contributed by atoms with Crippen LogP contribution in [0.1, 0.15) is 32.2 Å². The van der Waals surface area contributed by atoms with Crippen LogP contribution in [0, 0.1) is 12.7 Å². The molecular formula is C17H23FN4. The second-order valence-corrected chi connectivity index (χ2v) is 6.36. The molecule has 1 aromatic heterocycles. The third kappa shape index (κ3) is 5.31. The van der Waals surface area contributed by atoms with E-state index in [0.717, 1.165) is 36.0 Å². The number of nitrogens with zero attached hydrogens (tertiary/aromatic N) is 2. The first-order valence-corrected chi connectivity index (χ1v) is 7.44. The van der Waals surface area contributed by atoms with Crippen LogP contribution in [0.5, 0.6) is 0 Å². The van der Waals surface area contributed by atoms with Crippen molar-refractivity contribution in [2.75, 3.05) is 17.2 Å². The van der Waals surface area contributed by atoms with E-state index >= 15 is 0 Å². The van der Waals surface area contributed by atoms with Crippen molar-refractivity contribution < 1.29 is 4.39 Å². The average molecular weight is 302 g/mol. The minimum atomic E-state index is -0.207. The highest BCUT2D eigenvalue weighted by Crippen LogP contribution is 2.16. The number of rotatable bonds is 5. The Balaban J connectivity index is 1.96. The number of aromatic nitrogens is 2. The molecule has 0 spiro atoms. The Morgan fingerprint density at radius 2 is 1.68 bits per heavy atom. The minimum absolute atomic E-state index is 0.0494. The van der Waals surface area contributed by atoms with Gasteiger partial charge < -0.3 is 10.6 Å². The predicted molar refractivity (Wildman–Crippen MR) is 88.7 cm³/mol. The maximum atomic E-state index is 12.9. The molecule has 118 valence electrons. The highest BCUT2D eigenvalue weighted by molar-refractivity contribution is 5.48. The van der Waals surface area contributed by atoms with E-state index in [1.165, 1.54) is 12.1 Å². The van der Waals surface area contributed by atoms with Crippen molar-refractivity contribution in [1.29, 1.82) is 0 Å². The van der Waals surface area contributed by atoms with E-state index < -0.39 is 0 Å². The maximum Gasteiger partial charge on any atom is 0.132 e. The minimum Gasteiger partial charge on any atom is -0.370 e. The topological polar surface area (TPSA) is 49.8 Å². The number of benzene rings is 1. The van der Waals surface area contributed by atoms with E-state index in [-0.39, 0.29) is 11.4 Å². The molecule has 0 fully saturated rings. The molecule has 22 heavy (non-hydrogen) atoms. The van der Waals surface area contributed by atoms with Gasteiger partial charge in [-0.3, -0.25) is 0 Å². The summed E-state index contributed by atoms with van der Waals surface area (Å²) in [6.07, 6.45) is 0.811. The molecule has 0 amide bonds. The molecule has 2 aromatic rings. The smallest absolute Gasteiger partial charge is 0.132 e. The highest BCUT2D eigenvalue weighted by Gasteiger charge is 2.11. The molecule has 5 heteroatoms. The number of halogens is 1. The fraction of sp³-hybridized carbons (Fsp3) is 0.412. The van der Waals surface area contributed by atoms with Crippen LogP contribution < -0.4 is 10.6 Å². The zero-order valence-electron chi connectivity index (χ0n) is 13.6. The molecular weight excluding hydrogens is 279 g/mol. The fourth-order valence-corrected chi connectivity index (χ4v) is 2.09. The third-order valence-electron chi connectivity index (χ3n) is 2.97. The standard InChI is InChI=1S/C17H23FN4/c1-12-20-15(11-16(21-12)22-17(2,3)4)19-10-9-13-5-7-14(18)8-6-13/h5-8,11H,9-10H2,1-4H3,(H2,19,20,21,22). The van der Waals surface area contributed by atoms with E-state index in [0.29, 0.717) is 0 Å². The van der Waals surface area contributed by atoms with Gasteiger partial charge in [0.2, 0.25) is 0 Å². The molecule has 0 bridgehead atoms. The lowest BCUT2D eigenvalue weighted by Gasteiger charge is -2.21. The highest BCUT2D eigenvalue weighted by atomic mass is 19.1. The van der Waals surface area contributed by atoms with Gasteiger partial charge in [-0.1, -0.05) is 12.1 Å².